The van der Waals surface area contributed by atoms with Gasteiger partial charge in [-0.05, 0) is 12.8 Å². The first kappa shape index (κ1) is 12.7. The van der Waals surface area contributed by atoms with Gasteiger partial charge in [0.05, 0.1) is 5.56 Å². The standard InChI is InChI=1S/C11H18N2O3/c1-4-6-7-10(14)12-9(13-11(7)15)8(5-2)16-3/h8H,4-6H2,1-3H3,(H2,12,13,14,15). The molecule has 1 heterocycles. The van der Waals surface area contributed by atoms with Crippen LogP contribution < -0.4 is 5.56 Å². The molecule has 0 saturated heterocycles. The van der Waals surface area contributed by atoms with E-state index in [2.05, 4.69) is 9.97 Å². The zero-order valence-corrected chi connectivity index (χ0v) is 9.91. The van der Waals surface area contributed by atoms with Crippen molar-refractivity contribution in [2.24, 2.45) is 0 Å². The summed E-state index contributed by atoms with van der Waals surface area (Å²) in [7, 11) is 1.55. The van der Waals surface area contributed by atoms with E-state index in [1.54, 1.807) is 7.11 Å². The van der Waals surface area contributed by atoms with E-state index in [0.717, 1.165) is 6.42 Å². The Labute approximate surface area is 94.5 Å². The summed E-state index contributed by atoms with van der Waals surface area (Å²) in [6, 6.07) is 0. The van der Waals surface area contributed by atoms with Crippen molar-refractivity contribution in [2.45, 2.75) is 39.2 Å². The van der Waals surface area contributed by atoms with Crippen molar-refractivity contribution in [3.8, 4) is 5.88 Å². The minimum absolute atomic E-state index is 0.184. The molecule has 0 bridgehead atoms. The van der Waals surface area contributed by atoms with E-state index in [9.17, 15) is 9.90 Å². The van der Waals surface area contributed by atoms with Gasteiger partial charge in [-0.3, -0.25) is 4.79 Å². The second-order valence-electron chi connectivity index (χ2n) is 3.64. The van der Waals surface area contributed by atoms with E-state index >= 15 is 0 Å². The van der Waals surface area contributed by atoms with E-state index in [1.165, 1.54) is 0 Å². The fraction of sp³-hybridized carbons (Fsp3) is 0.636. The molecule has 16 heavy (non-hydrogen) atoms. The van der Waals surface area contributed by atoms with Crippen LogP contribution in [-0.2, 0) is 11.2 Å². The maximum absolute atomic E-state index is 11.7. The molecule has 1 aromatic rings. The maximum Gasteiger partial charge on any atom is 0.258 e. The molecular weight excluding hydrogens is 208 g/mol. The summed E-state index contributed by atoms with van der Waals surface area (Å²) >= 11 is 0. The summed E-state index contributed by atoms with van der Waals surface area (Å²) in [5, 5.41) is 9.66. The molecular formula is C11H18N2O3. The molecule has 0 aliphatic rings. The highest BCUT2D eigenvalue weighted by atomic mass is 16.5. The van der Waals surface area contributed by atoms with Crippen LogP contribution in [0, 0.1) is 0 Å². The topological polar surface area (TPSA) is 75.2 Å². The Hall–Kier alpha value is -1.36. The van der Waals surface area contributed by atoms with Crippen molar-refractivity contribution < 1.29 is 9.84 Å². The van der Waals surface area contributed by atoms with Crippen molar-refractivity contribution >= 4 is 0 Å². The molecule has 5 heteroatoms. The molecule has 2 N–H and O–H groups in total. The lowest BCUT2D eigenvalue weighted by Gasteiger charge is -2.12. The van der Waals surface area contributed by atoms with Gasteiger partial charge < -0.3 is 14.8 Å². The first-order valence-electron chi connectivity index (χ1n) is 5.48. The van der Waals surface area contributed by atoms with E-state index < -0.39 is 0 Å². The summed E-state index contributed by atoms with van der Waals surface area (Å²) in [6.07, 6.45) is 1.72. The van der Waals surface area contributed by atoms with Gasteiger partial charge in [0, 0.05) is 7.11 Å². The minimum atomic E-state index is -0.283. The number of methoxy groups -OCH3 is 1. The Morgan fingerprint density at radius 1 is 1.50 bits per heavy atom. The molecule has 0 aromatic carbocycles. The Balaban J connectivity index is 3.13. The van der Waals surface area contributed by atoms with Crippen LogP contribution in [-0.4, -0.2) is 22.2 Å². The van der Waals surface area contributed by atoms with Gasteiger partial charge in [0.2, 0.25) is 5.88 Å². The van der Waals surface area contributed by atoms with E-state index in [1.807, 2.05) is 13.8 Å². The number of aromatic hydroxyl groups is 1. The molecule has 1 atom stereocenters. The van der Waals surface area contributed by atoms with Crippen LogP contribution in [0.5, 0.6) is 5.88 Å². The van der Waals surface area contributed by atoms with Gasteiger partial charge in [0.25, 0.3) is 5.56 Å². The first-order valence-corrected chi connectivity index (χ1v) is 5.48. The van der Waals surface area contributed by atoms with Crippen LogP contribution in [0.3, 0.4) is 0 Å². The molecule has 0 spiro atoms. The smallest absolute Gasteiger partial charge is 0.258 e. The highest BCUT2D eigenvalue weighted by Crippen LogP contribution is 2.18. The van der Waals surface area contributed by atoms with Gasteiger partial charge >= 0.3 is 0 Å². The third-order valence-corrected chi connectivity index (χ3v) is 2.47. The van der Waals surface area contributed by atoms with Gasteiger partial charge in [0.15, 0.2) is 0 Å². The Kier molecular flexibility index (Phi) is 4.49. The molecule has 0 saturated carbocycles. The zero-order chi connectivity index (χ0) is 12.1. The zero-order valence-electron chi connectivity index (χ0n) is 9.91. The highest BCUT2D eigenvalue weighted by molar-refractivity contribution is 5.23. The average molecular weight is 226 g/mol. The summed E-state index contributed by atoms with van der Waals surface area (Å²) in [4.78, 5) is 18.3. The predicted octanol–water partition coefficient (Wildman–Crippen LogP) is 1.53. The monoisotopic (exact) mass is 226 g/mol. The molecule has 0 amide bonds. The van der Waals surface area contributed by atoms with Crippen LogP contribution in [0.2, 0.25) is 0 Å². The second kappa shape index (κ2) is 5.65. The van der Waals surface area contributed by atoms with Crippen LogP contribution in [0.15, 0.2) is 4.79 Å². The quantitative estimate of drug-likeness (QED) is 0.798. The Morgan fingerprint density at radius 3 is 2.62 bits per heavy atom. The van der Waals surface area contributed by atoms with Crippen LogP contribution >= 0.6 is 0 Å². The number of aromatic nitrogens is 2. The number of nitrogens with zero attached hydrogens (tertiary/aromatic N) is 1. The molecule has 5 nitrogen and oxygen atoms in total. The lowest BCUT2D eigenvalue weighted by Crippen LogP contribution is -2.19. The van der Waals surface area contributed by atoms with Crippen LogP contribution in [0.25, 0.3) is 0 Å². The molecule has 90 valence electrons. The fourth-order valence-corrected chi connectivity index (χ4v) is 1.60. The number of ether oxygens (including phenoxy) is 1. The number of rotatable bonds is 5. The van der Waals surface area contributed by atoms with Crippen molar-refractivity contribution in [1.82, 2.24) is 9.97 Å². The van der Waals surface area contributed by atoms with Crippen LogP contribution in [0.1, 0.15) is 44.2 Å². The first-order chi connectivity index (χ1) is 7.63. The fourth-order valence-electron chi connectivity index (χ4n) is 1.60. The third kappa shape index (κ3) is 2.61. The third-order valence-electron chi connectivity index (χ3n) is 2.47. The molecule has 0 aliphatic heterocycles. The Bertz CT molecular complexity index is 397. The average Bonchev–Trinajstić information content (AvgIpc) is 2.25. The molecule has 1 aromatic heterocycles. The SMILES string of the molecule is CCCc1c(O)nc(C(CC)OC)[nH]c1=O. The van der Waals surface area contributed by atoms with E-state index in [0.29, 0.717) is 24.2 Å². The van der Waals surface area contributed by atoms with Crippen molar-refractivity contribution in [1.29, 1.82) is 0 Å². The number of H-pyrrole nitrogens is 1. The van der Waals surface area contributed by atoms with Crippen LogP contribution in [0.4, 0.5) is 0 Å². The highest BCUT2D eigenvalue weighted by Gasteiger charge is 2.15. The number of hydrogen-bond acceptors (Lipinski definition) is 4. The molecule has 1 unspecified atom stereocenters. The van der Waals surface area contributed by atoms with Gasteiger partial charge in [-0.1, -0.05) is 20.3 Å². The van der Waals surface area contributed by atoms with Gasteiger partial charge in [-0.2, -0.15) is 4.98 Å². The van der Waals surface area contributed by atoms with Gasteiger partial charge in [-0.25, -0.2) is 0 Å². The molecule has 0 fully saturated rings. The Morgan fingerprint density at radius 2 is 2.19 bits per heavy atom. The van der Waals surface area contributed by atoms with Crippen molar-refractivity contribution in [2.75, 3.05) is 7.11 Å². The minimum Gasteiger partial charge on any atom is -0.493 e. The van der Waals surface area contributed by atoms with Crippen molar-refractivity contribution in [3.05, 3.63) is 21.7 Å². The molecule has 0 radical (unpaired) electrons. The van der Waals surface area contributed by atoms with Gasteiger partial charge in [0.1, 0.15) is 11.9 Å². The van der Waals surface area contributed by atoms with Gasteiger partial charge in [-0.15, -0.1) is 0 Å². The van der Waals surface area contributed by atoms with E-state index in [4.69, 9.17) is 4.74 Å². The lowest BCUT2D eigenvalue weighted by molar-refractivity contribution is 0.0916. The van der Waals surface area contributed by atoms with Crippen molar-refractivity contribution in [3.63, 3.8) is 0 Å². The maximum atomic E-state index is 11.7. The second-order valence-corrected chi connectivity index (χ2v) is 3.64. The largest absolute Gasteiger partial charge is 0.493 e. The predicted molar refractivity (Wildman–Crippen MR) is 60.6 cm³/mol. The lowest BCUT2D eigenvalue weighted by atomic mass is 10.2. The summed E-state index contributed by atoms with van der Waals surface area (Å²) in [6.45, 7) is 3.86. The number of aromatic amines is 1. The molecule has 0 aliphatic carbocycles. The molecule has 1 rings (SSSR count). The summed E-state index contributed by atoms with van der Waals surface area (Å²) in [5.41, 5.74) is 0.0667. The summed E-state index contributed by atoms with van der Waals surface area (Å²) in [5.74, 6) is 0.198. The summed E-state index contributed by atoms with van der Waals surface area (Å²) < 4.78 is 5.15. The normalized spacial score (nSPS) is 12.7. The van der Waals surface area contributed by atoms with E-state index in [-0.39, 0.29) is 17.5 Å². The number of hydrogen-bond donors (Lipinski definition) is 2. The number of nitrogens with one attached hydrogen (secondary N) is 1.